The zero-order chi connectivity index (χ0) is 23.6. The second-order valence-electron chi connectivity index (χ2n) is 6.88. The summed E-state index contributed by atoms with van der Waals surface area (Å²) < 4.78 is 5.57. The Kier molecular flexibility index (Phi) is 8.15. The third-order valence-electron chi connectivity index (χ3n) is 4.28. The summed E-state index contributed by atoms with van der Waals surface area (Å²) in [6.45, 7) is 1.61. The van der Waals surface area contributed by atoms with E-state index < -0.39 is 17.7 Å². The minimum absolute atomic E-state index is 0.263. The number of para-hydroxylation sites is 2. The van der Waals surface area contributed by atoms with Crippen molar-refractivity contribution in [1.82, 2.24) is 5.43 Å². The molecule has 0 aliphatic rings. The molecule has 3 amide bonds. The first-order valence-electron chi connectivity index (χ1n) is 9.89. The van der Waals surface area contributed by atoms with Crippen LogP contribution in [0.25, 0.3) is 0 Å². The van der Waals surface area contributed by atoms with Crippen LogP contribution in [0.2, 0.25) is 5.02 Å². The Bertz CT molecular complexity index is 1200. The van der Waals surface area contributed by atoms with Crippen molar-refractivity contribution >= 4 is 46.9 Å². The largest absolute Gasteiger partial charge is 0.483 e. The van der Waals surface area contributed by atoms with Crippen LogP contribution in [0.15, 0.2) is 77.9 Å². The van der Waals surface area contributed by atoms with E-state index in [0.29, 0.717) is 27.7 Å². The highest BCUT2D eigenvalue weighted by Gasteiger charge is 2.13. The molecule has 0 saturated carbocycles. The van der Waals surface area contributed by atoms with Gasteiger partial charge >= 0.3 is 11.8 Å². The van der Waals surface area contributed by atoms with E-state index in [9.17, 15) is 14.4 Å². The molecule has 0 aliphatic heterocycles. The molecule has 3 N–H and O–H groups in total. The first kappa shape index (κ1) is 23.5. The van der Waals surface area contributed by atoms with Crippen molar-refractivity contribution in [3.8, 4) is 5.75 Å². The smallest absolute Gasteiger partial charge is 0.329 e. The number of hydrogen-bond acceptors (Lipinski definition) is 5. The van der Waals surface area contributed by atoms with E-state index in [-0.39, 0.29) is 6.61 Å². The van der Waals surface area contributed by atoms with Crippen LogP contribution in [-0.4, -0.2) is 30.5 Å². The number of nitrogens with zero attached hydrogens (tertiary/aromatic N) is 1. The average Bonchev–Trinajstić information content (AvgIpc) is 2.80. The maximum Gasteiger partial charge on any atom is 0.329 e. The van der Waals surface area contributed by atoms with Gasteiger partial charge in [-0.05, 0) is 48.9 Å². The highest BCUT2D eigenvalue weighted by molar-refractivity contribution is 6.39. The summed E-state index contributed by atoms with van der Waals surface area (Å²) in [4.78, 5) is 36.2. The SMILES string of the molecule is Cc1cccc(NC(=O)C(=O)N/N=C\c2ccccc2OCC(=O)Nc2ccccc2Cl)c1. The van der Waals surface area contributed by atoms with E-state index >= 15 is 0 Å². The molecule has 0 saturated heterocycles. The third-order valence-corrected chi connectivity index (χ3v) is 4.61. The summed E-state index contributed by atoms with van der Waals surface area (Å²) in [6.07, 6.45) is 1.32. The van der Waals surface area contributed by atoms with E-state index in [4.69, 9.17) is 16.3 Å². The van der Waals surface area contributed by atoms with Crippen LogP contribution in [0.5, 0.6) is 5.75 Å². The zero-order valence-corrected chi connectivity index (χ0v) is 18.4. The molecule has 0 heterocycles. The minimum atomic E-state index is -0.926. The number of benzene rings is 3. The molecule has 0 spiro atoms. The van der Waals surface area contributed by atoms with Gasteiger partial charge in [-0.1, -0.05) is 48.0 Å². The second kappa shape index (κ2) is 11.4. The van der Waals surface area contributed by atoms with Gasteiger partial charge in [-0.3, -0.25) is 14.4 Å². The number of hydrazone groups is 1. The minimum Gasteiger partial charge on any atom is -0.483 e. The van der Waals surface area contributed by atoms with E-state index in [2.05, 4.69) is 21.2 Å². The Morgan fingerprint density at radius 3 is 2.48 bits per heavy atom. The zero-order valence-electron chi connectivity index (χ0n) is 17.7. The molecule has 0 radical (unpaired) electrons. The van der Waals surface area contributed by atoms with Crippen molar-refractivity contribution in [2.75, 3.05) is 17.2 Å². The van der Waals surface area contributed by atoms with Gasteiger partial charge in [0, 0.05) is 11.3 Å². The van der Waals surface area contributed by atoms with Crippen molar-refractivity contribution in [1.29, 1.82) is 0 Å². The summed E-state index contributed by atoms with van der Waals surface area (Å²) in [5.41, 5.74) is 4.60. The molecule has 8 nitrogen and oxygen atoms in total. The third kappa shape index (κ3) is 7.19. The van der Waals surface area contributed by atoms with Crippen LogP contribution in [0, 0.1) is 6.92 Å². The monoisotopic (exact) mass is 464 g/mol. The number of rotatable bonds is 7. The van der Waals surface area contributed by atoms with Crippen LogP contribution in [-0.2, 0) is 14.4 Å². The Morgan fingerprint density at radius 1 is 0.939 bits per heavy atom. The molecule has 33 heavy (non-hydrogen) atoms. The maximum absolute atomic E-state index is 12.2. The molecule has 0 aromatic heterocycles. The fraction of sp³-hybridized carbons (Fsp3) is 0.0833. The number of aryl methyl sites for hydroxylation is 1. The Balaban J connectivity index is 1.54. The molecular formula is C24H21ClN4O4. The van der Waals surface area contributed by atoms with Crippen molar-refractivity contribution in [3.05, 3.63) is 88.9 Å². The van der Waals surface area contributed by atoms with E-state index in [0.717, 1.165) is 5.56 Å². The van der Waals surface area contributed by atoms with Gasteiger partial charge in [-0.2, -0.15) is 5.10 Å². The lowest BCUT2D eigenvalue weighted by molar-refractivity contribution is -0.136. The van der Waals surface area contributed by atoms with Gasteiger partial charge in [0.15, 0.2) is 6.61 Å². The molecule has 3 aromatic carbocycles. The van der Waals surface area contributed by atoms with Crippen molar-refractivity contribution in [2.24, 2.45) is 5.10 Å². The predicted octanol–water partition coefficient (Wildman–Crippen LogP) is 3.75. The van der Waals surface area contributed by atoms with Crippen LogP contribution in [0.1, 0.15) is 11.1 Å². The summed E-state index contributed by atoms with van der Waals surface area (Å²) >= 11 is 6.03. The van der Waals surface area contributed by atoms with Crippen LogP contribution >= 0.6 is 11.6 Å². The molecule has 0 unspecified atom stereocenters. The fourth-order valence-corrected chi connectivity index (χ4v) is 2.92. The van der Waals surface area contributed by atoms with E-state index in [1.807, 2.05) is 13.0 Å². The highest BCUT2D eigenvalue weighted by Crippen LogP contribution is 2.21. The highest BCUT2D eigenvalue weighted by atomic mass is 35.5. The lowest BCUT2D eigenvalue weighted by Crippen LogP contribution is -2.32. The standard InChI is InChI=1S/C24H21ClN4O4/c1-16-7-6-9-18(13-16)27-23(31)24(32)29-26-14-17-8-2-5-12-21(17)33-15-22(30)28-20-11-4-3-10-19(20)25/h2-14H,15H2,1H3,(H,27,31)(H,28,30)(H,29,32)/b26-14-. The average molecular weight is 465 g/mol. The van der Waals surface area contributed by atoms with Gasteiger partial charge in [-0.15, -0.1) is 0 Å². The molecule has 0 aliphatic carbocycles. The van der Waals surface area contributed by atoms with Crippen molar-refractivity contribution < 1.29 is 19.1 Å². The lowest BCUT2D eigenvalue weighted by Gasteiger charge is -2.10. The topological polar surface area (TPSA) is 109 Å². The first-order chi connectivity index (χ1) is 15.9. The Labute approximate surface area is 195 Å². The lowest BCUT2D eigenvalue weighted by atomic mass is 10.2. The predicted molar refractivity (Wildman–Crippen MR) is 128 cm³/mol. The van der Waals surface area contributed by atoms with Crippen LogP contribution in [0.3, 0.4) is 0 Å². The van der Waals surface area contributed by atoms with Crippen molar-refractivity contribution in [2.45, 2.75) is 6.92 Å². The number of amides is 3. The number of ether oxygens (including phenoxy) is 1. The van der Waals surface area contributed by atoms with Crippen molar-refractivity contribution in [3.63, 3.8) is 0 Å². The molecule has 168 valence electrons. The second-order valence-corrected chi connectivity index (χ2v) is 7.28. The molecule has 3 rings (SSSR count). The molecular weight excluding hydrogens is 444 g/mol. The normalized spacial score (nSPS) is 10.5. The summed E-state index contributed by atoms with van der Waals surface area (Å²) in [5.74, 6) is -1.80. The number of carbonyl (C=O) groups excluding carboxylic acids is 3. The molecule has 0 fully saturated rings. The number of anilines is 2. The Morgan fingerprint density at radius 2 is 1.70 bits per heavy atom. The van der Waals surface area contributed by atoms with E-state index in [1.54, 1.807) is 66.7 Å². The molecule has 9 heteroatoms. The summed E-state index contributed by atoms with van der Waals surface area (Å²) in [6, 6.07) is 20.7. The van der Waals surface area contributed by atoms with Crippen LogP contribution in [0.4, 0.5) is 11.4 Å². The van der Waals surface area contributed by atoms with Gasteiger partial charge < -0.3 is 15.4 Å². The van der Waals surface area contributed by atoms with Crippen LogP contribution < -0.4 is 20.8 Å². The fourth-order valence-electron chi connectivity index (χ4n) is 2.73. The van der Waals surface area contributed by atoms with Gasteiger partial charge in [0.05, 0.1) is 16.9 Å². The van der Waals surface area contributed by atoms with E-state index in [1.165, 1.54) is 6.21 Å². The maximum atomic E-state index is 12.2. The molecule has 0 atom stereocenters. The van der Waals surface area contributed by atoms with Gasteiger partial charge in [0.1, 0.15) is 5.75 Å². The van der Waals surface area contributed by atoms with Gasteiger partial charge in [-0.25, -0.2) is 5.43 Å². The first-order valence-corrected chi connectivity index (χ1v) is 10.3. The van der Waals surface area contributed by atoms with Gasteiger partial charge in [0.25, 0.3) is 5.91 Å². The quantitative estimate of drug-likeness (QED) is 0.281. The summed E-state index contributed by atoms with van der Waals surface area (Å²) in [5, 5.41) is 9.38. The van der Waals surface area contributed by atoms with Gasteiger partial charge in [0.2, 0.25) is 0 Å². The number of hydrogen-bond donors (Lipinski definition) is 3. The molecule has 0 bridgehead atoms. The molecule has 3 aromatic rings. The number of halogens is 1. The Hall–Kier alpha value is -4.17. The summed E-state index contributed by atoms with van der Waals surface area (Å²) in [7, 11) is 0. The number of carbonyl (C=O) groups is 3. The number of nitrogens with one attached hydrogen (secondary N) is 3.